The van der Waals surface area contributed by atoms with E-state index in [1.54, 1.807) is 4.68 Å². The molecule has 1 aromatic heterocycles. The van der Waals surface area contributed by atoms with E-state index in [0.717, 1.165) is 10.8 Å². The first kappa shape index (κ1) is 10.4. The zero-order valence-electron chi connectivity index (χ0n) is 8.10. The van der Waals surface area contributed by atoms with Gasteiger partial charge in [0.25, 0.3) is 0 Å². The summed E-state index contributed by atoms with van der Waals surface area (Å²) in [7, 11) is 1.84. The predicted molar refractivity (Wildman–Crippen MR) is 63.7 cm³/mol. The van der Waals surface area contributed by atoms with Crippen molar-refractivity contribution >= 4 is 24.2 Å². The number of hydrogen-bond acceptors (Lipinski definition) is 4. The molecule has 2 rings (SSSR count). The molecule has 0 radical (unpaired) electrons. The third kappa shape index (κ3) is 2.28. The third-order valence-electron chi connectivity index (χ3n) is 1.81. The van der Waals surface area contributed by atoms with Crippen LogP contribution in [0.5, 0.6) is 0 Å². The van der Waals surface area contributed by atoms with Crippen molar-refractivity contribution in [3.8, 4) is 5.69 Å². The van der Waals surface area contributed by atoms with Crippen LogP contribution >= 0.6 is 24.2 Å². The molecule has 2 aromatic rings. The molecule has 0 spiro atoms. The lowest BCUT2D eigenvalue weighted by Gasteiger charge is -1.99. The van der Waals surface area contributed by atoms with Crippen molar-refractivity contribution in [1.29, 1.82) is 0 Å². The Balaban J connectivity index is 2.41. The molecule has 0 unspecified atom stereocenters. The van der Waals surface area contributed by atoms with Crippen LogP contribution in [-0.4, -0.2) is 21.8 Å². The topological polar surface area (TPSA) is 45.6 Å². The second-order valence-electron chi connectivity index (χ2n) is 2.79. The molecular formula is C9H10N4S2. The highest BCUT2D eigenvalue weighted by Gasteiger charge is 2.02. The van der Waals surface area contributed by atoms with Crippen LogP contribution < -0.4 is 4.72 Å². The van der Waals surface area contributed by atoms with Crippen molar-refractivity contribution in [3.63, 3.8) is 0 Å². The molecule has 1 heterocycles. The number of hydrogen-bond donors (Lipinski definition) is 2. The Morgan fingerprint density at radius 1 is 1.40 bits per heavy atom. The van der Waals surface area contributed by atoms with Crippen molar-refractivity contribution in [3.05, 3.63) is 35.1 Å². The minimum atomic E-state index is 0.527. The minimum Gasteiger partial charge on any atom is -0.268 e. The first-order valence-corrected chi connectivity index (χ1v) is 5.62. The van der Waals surface area contributed by atoms with Gasteiger partial charge >= 0.3 is 0 Å². The molecule has 2 N–H and O–H groups in total. The number of nitrogens with one attached hydrogen (secondary N) is 2. The highest BCUT2D eigenvalue weighted by Crippen LogP contribution is 2.11. The van der Waals surface area contributed by atoms with E-state index in [-0.39, 0.29) is 0 Å². The van der Waals surface area contributed by atoms with Crippen LogP contribution in [0.1, 0.15) is 0 Å². The summed E-state index contributed by atoms with van der Waals surface area (Å²) >= 11 is 6.55. The van der Waals surface area contributed by atoms with E-state index in [1.807, 2.05) is 37.4 Å². The number of H-pyrrole nitrogens is 1. The van der Waals surface area contributed by atoms with Gasteiger partial charge in [-0.15, -0.1) is 0 Å². The van der Waals surface area contributed by atoms with Gasteiger partial charge in [0.15, 0.2) is 5.16 Å². The summed E-state index contributed by atoms with van der Waals surface area (Å²) in [6.45, 7) is 0. The SMILES string of the molecule is CNSc1nc(=S)n(-c2ccccc2)[nH]1. The Morgan fingerprint density at radius 2 is 2.13 bits per heavy atom. The molecule has 0 aliphatic carbocycles. The Labute approximate surface area is 96.8 Å². The number of para-hydroxylation sites is 1. The molecule has 0 saturated carbocycles. The fraction of sp³-hybridized carbons (Fsp3) is 0.111. The van der Waals surface area contributed by atoms with Crippen LogP contribution in [0.3, 0.4) is 0 Å². The maximum atomic E-state index is 5.15. The van der Waals surface area contributed by atoms with E-state index < -0.39 is 0 Å². The van der Waals surface area contributed by atoms with Crippen LogP contribution in [0.4, 0.5) is 0 Å². The zero-order chi connectivity index (χ0) is 10.7. The number of benzene rings is 1. The van der Waals surface area contributed by atoms with Crippen molar-refractivity contribution < 1.29 is 0 Å². The van der Waals surface area contributed by atoms with E-state index in [2.05, 4.69) is 14.8 Å². The lowest BCUT2D eigenvalue weighted by molar-refractivity contribution is 0.826. The highest BCUT2D eigenvalue weighted by molar-refractivity contribution is 7.97. The van der Waals surface area contributed by atoms with Crippen molar-refractivity contribution in [1.82, 2.24) is 19.5 Å². The van der Waals surface area contributed by atoms with Crippen LogP contribution in [-0.2, 0) is 0 Å². The third-order valence-corrected chi connectivity index (χ3v) is 2.66. The highest BCUT2D eigenvalue weighted by atomic mass is 32.2. The normalized spacial score (nSPS) is 10.5. The summed E-state index contributed by atoms with van der Waals surface area (Å²) in [6.07, 6.45) is 0. The molecule has 0 fully saturated rings. The fourth-order valence-electron chi connectivity index (χ4n) is 1.20. The van der Waals surface area contributed by atoms with Gasteiger partial charge in [0, 0.05) is 0 Å². The smallest absolute Gasteiger partial charge is 0.221 e. The largest absolute Gasteiger partial charge is 0.268 e. The minimum absolute atomic E-state index is 0.527. The molecular weight excluding hydrogens is 228 g/mol. The number of rotatable bonds is 3. The summed E-state index contributed by atoms with van der Waals surface area (Å²) in [5, 5.41) is 3.86. The van der Waals surface area contributed by atoms with E-state index in [9.17, 15) is 0 Å². The van der Waals surface area contributed by atoms with Gasteiger partial charge in [0.2, 0.25) is 4.77 Å². The first-order chi connectivity index (χ1) is 7.31. The summed E-state index contributed by atoms with van der Waals surface area (Å²) in [6, 6.07) is 9.84. The second kappa shape index (κ2) is 4.61. The summed E-state index contributed by atoms with van der Waals surface area (Å²) in [4.78, 5) is 4.20. The van der Waals surface area contributed by atoms with E-state index in [4.69, 9.17) is 12.2 Å². The number of aromatic nitrogens is 3. The molecule has 78 valence electrons. The van der Waals surface area contributed by atoms with E-state index in [1.165, 1.54) is 11.9 Å². The summed E-state index contributed by atoms with van der Waals surface area (Å²) in [5.74, 6) is 0. The van der Waals surface area contributed by atoms with Gasteiger partial charge in [-0.3, -0.25) is 9.82 Å². The molecule has 4 nitrogen and oxygen atoms in total. The van der Waals surface area contributed by atoms with Crippen molar-refractivity contribution in [2.75, 3.05) is 7.05 Å². The van der Waals surface area contributed by atoms with Crippen LogP contribution in [0.2, 0.25) is 0 Å². The lowest BCUT2D eigenvalue weighted by atomic mass is 10.3. The second-order valence-corrected chi connectivity index (χ2v) is 4.15. The standard InChI is InChI=1S/C9H10N4S2/c1-10-15-8-11-9(14)13(12-8)7-5-3-2-4-6-7/h2-6,10H,1H3,(H,11,12,14). The van der Waals surface area contributed by atoms with Crippen molar-refractivity contribution in [2.45, 2.75) is 5.16 Å². The molecule has 1 aromatic carbocycles. The monoisotopic (exact) mass is 238 g/mol. The van der Waals surface area contributed by atoms with Gasteiger partial charge in [-0.1, -0.05) is 18.2 Å². The molecule has 0 bridgehead atoms. The Bertz CT molecular complexity index is 488. The van der Waals surface area contributed by atoms with E-state index >= 15 is 0 Å². The molecule has 0 aliphatic rings. The number of nitrogens with zero attached hydrogens (tertiary/aromatic N) is 2. The van der Waals surface area contributed by atoms with Gasteiger partial charge < -0.3 is 0 Å². The quantitative estimate of drug-likeness (QED) is 0.635. The van der Waals surface area contributed by atoms with Crippen LogP contribution in [0.25, 0.3) is 5.69 Å². The molecule has 6 heteroatoms. The molecule has 0 amide bonds. The van der Waals surface area contributed by atoms with Gasteiger partial charge in [0.05, 0.1) is 5.69 Å². The van der Waals surface area contributed by atoms with E-state index in [0.29, 0.717) is 4.77 Å². The fourth-order valence-corrected chi connectivity index (χ4v) is 1.96. The van der Waals surface area contributed by atoms with Crippen LogP contribution in [0, 0.1) is 4.77 Å². The summed E-state index contributed by atoms with van der Waals surface area (Å²) in [5.41, 5.74) is 0.984. The number of aromatic amines is 1. The maximum Gasteiger partial charge on any atom is 0.221 e. The maximum absolute atomic E-state index is 5.15. The van der Waals surface area contributed by atoms with Gasteiger partial charge in [-0.05, 0) is 43.3 Å². The molecule has 0 atom stereocenters. The Kier molecular flexibility index (Phi) is 3.20. The molecule has 15 heavy (non-hydrogen) atoms. The van der Waals surface area contributed by atoms with Gasteiger partial charge in [0.1, 0.15) is 0 Å². The first-order valence-electron chi connectivity index (χ1n) is 4.39. The van der Waals surface area contributed by atoms with Crippen molar-refractivity contribution in [2.24, 2.45) is 0 Å². The Morgan fingerprint density at radius 3 is 2.80 bits per heavy atom. The predicted octanol–water partition coefficient (Wildman–Crippen LogP) is 2.16. The molecule has 0 saturated heterocycles. The average Bonchev–Trinajstić information content (AvgIpc) is 2.61. The average molecular weight is 238 g/mol. The van der Waals surface area contributed by atoms with Gasteiger partial charge in [-0.2, -0.15) is 4.98 Å². The Hall–Kier alpha value is -1.11. The van der Waals surface area contributed by atoms with Gasteiger partial charge in [-0.25, -0.2) is 4.68 Å². The zero-order valence-corrected chi connectivity index (χ0v) is 9.73. The lowest BCUT2D eigenvalue weighted by Crippen LogP contribution is -1.97. The van der Waals surface area contributed by atoms with Crippen LogP contribution in [0.15, 0.2) is 35.5 Å². The molecule has 0 aliphatic heterocycles. The summed E-state index contributed by atoms with van der Waals surface area (Å²) < 4.78 is 5.24.